The Kier molecular flexibility index (Phi) is 3.72. The topological polar surface area (TPSA) is 81.7 Å². The molecule has 0 radical (unpaired) electrons. The van der Waals surface area contributed by atoms with Crippen molar-refractivity contribution in [1.29, 1.82) is 0 Å². The van der Waals surface area contributed by atoms with E-state index in [4.69, 9.17) is 9.47 Å². The number of fused-ring (bicyclic) bond motifs is 1. The second-order valence-electron chi connectivity index (χ2n) is 4.58. The lowest BCUT2D eigenvalue weighted by Crippen LogP contribution is -2.21. The average Bonchev–Trinajstić information content (AvgIpc) is 2.51. The molecule has 22 heavy (non-hydrogen) atoms. The fraction of sp³-hybridized carbons (Fsp3) is 0.133. The minimum atomic E-state index is -3.63. The molecule has 1 amide bonds. The second kappa shape index (κ2) is 5.69. The Morgan fingerprint density at radius 2 is 1.68 bits per heavy atom. The molecule has 3 rings (SSSR count). The molecule has 0 saturated heterocycles. The Balaban J connectivity index is 0.00000192. The maximum absolute atomic E-state index is 12.6. The van der Waals surface area contributed by atoms with Gasteiger partial charge >= 0.3 is 6.09 Å². The van der Waals surface area contributed by atoms with Crippen LogP contribution in [0.1, 0.15) is 1.43 Å². The summed E-state index contributed by atoms with van der Waals surface area (Å²) in [4.78, 5) is 11.7. The fourth-order valence-corrected chi connectivity index (χ4v) is 3.36. The largest absolute Gasteiger partial charge is 0.488 e. The summed E-state index contributed by atoms with van der Waals surface area (Å²) in [6.45, 7) is 0.260. The number of hydrogen-bond acceptors (Lipinski definition) is 5. The zero-order valence-corrected chi connectivity index (χ0v) is 12.3. The molecule has 0 spiro atoms. The number of ether oxygens (including phenoxy) is 2. The number of carbonyl (C=O) groups excluding carboxylic acids is 1. The lowest BCUT2D eigenvalue weighted by Gasteiger charge is -2.17. The number of rotatable bonds is 2. The standard InChI is InChI=1S/C15H13NO5S.H2/c17-15-16-13-7-6-12(10-14(13)20-8-9-21-15)22(18,19)11-4-2-1-3-5-11;/h1-7,10H,8-9H2,(H,16,17);1H. The first-order valence-corrected chi connectivity index (χ1v) is 8.06. The number of carbonyl (C=O) groups is 1. The van der Waals surface area contributed by atoms with Gasteiger partial charge in [-0.05, 0) is 24.3 Å². The van der Waals surface area contributed by atoms with Gasteiger partial charge < -0.3 is 9.47 Å². The van der Waals surface area contributed by atoms with Crippen LogP contribution in [0.15, 0.2) is 58.3 Å². The highest BCUT2D eigenvalue weighted by molar-refractivity contribution is 7.91. The van der Waals surface area contributed by atoms with Crippen molar-refractivity contribution in [3.05, 3.63) is 48.5 Å². The van der Waals surface area contributed by atoms with E-state index in [1.54, 1.807) is 18.2 Å². The van der Waals surface area contributed by atoms with Crippen LogP contribution in [0.5, 0.6) is 5.75 Å². The molecule has 1 aliphatic rings. The van der Waals surface area contributed by atoms with Crippen LogP contribution in [0.2, 0.25) is 0 Å². The molecule has 7 heteroatoms. The third-order valence-electron chi connectivity index (χ3n) is 3.13. The van der Waals surface area contributed by atoms with E-state index in [9.17, 15) is 13.2 Å². The van der Waals surface area contributed by atoms with Crippen LogP contribution in [0.3, 0.4) is 0 Å². The fourth-order valence-electron chi connectivity index (χ4n) is 2.06. The quantitative estimate of drug-likeness (QED) is 0.919. The first kappa shape index (κ1) is 14.4. The van der Waals surface area contributed by atoms with Crippen LogP contribution in [0.4, 0.5) is 10.5 Å². The van der Waals surface area contributed by atoms with E-state index in [1.807, 2.05) is 0 Å². The van der Waals surface area contributed by atoms with Gasteiger partial charge in [-0.15, -0.1) is 0 Å². The minimum Gasteiger partial charge on any atom is -0.488 e. The zero-order chi connectivity index (χ0) is 15.6. The SMILES string of the molecule is O=C1Nc2ccc(S(=O)(=O)c3ccccc3)cc2OCCO1.[HH]. The molecule has 0 atom stereocenters. The van der Waals surface area contributed by atoms with Crippen molar-refractivity contribution in [2.24, 2.45) is 0 Å². The molecule has 0 aromatic heterocycles. The van der Waals surface area contributed by atoms with Gasteiger partial charge in [0.15, 0.2) is 0 Å². The minimum absolute atomic E-state index is 0. The average molecular weight is 321 g/mol. The summed E-state index contributed by atoms with van der Waals surface area (Å²) in [6.07, 6.45) is -0.594. The van der Waals surface area contributed by atoms with Crippen molar-refractivity contribution in [3.8, 4) is 5.75 Å². The first-order valence-electron chi connectivity index (χ1n) is 6.58. The van der Waals surface area contributed by atoms with E-state index in [0.717, 1.165) is 0 Å². The van der Waals surface area contributed by atoms with E-state index in [1.165, 1.54) is 30.3 Å². The summed E-state index contributed by atoms with van der Waals surface area (Å²) in [6, 6.07) is 12.4. The van der Waals surface area contributed by atoms with Gasteiger partial charge in [0.25, 0.3) is 0 Å². The number of benzene rings is 2. The number of amides is 1. The molecule has 1 N–H and O–H groups in total. The number of nitrogens with one attached hydrogen (secondary N) is 1. The summed E-state index contributed by atoms with van der Waals surface area (Å²) in [7, 11) is -3.63. The highest BCUT2D eigenvalue weighted by Crippen LogP contribution is 2.31. The predicted molar refractivity (Wildman–Crippen MR) is 80.9 cm³/mol. The van der Waals surface area contributed by atoms with Crippen molar-refractivity contribution in [1.82, 2.24) is 0 Å². The maximum atomic E-state index is 12.6. The lowest BCUT2D eigenvalue weighted by atomic mass is 10.3. The molecule has 6 nitrogen and oxygen atoms in total. The molecular weight excluding hydrogens is 306 g/mol. The molecule has 0 aliphatic carbocycles. The summed E-state index contributed by atoms with van der Waals surface area (Å²) < 4.78 is 35.4. The third-order valence-corrected chi connectivity index (χ3v) is 4.89. The third kappa shape index (κ3) is 2.75. The summed E-state index contributed by atoms with van der Waals surface area (Å²) in [5.41, 5.74) is 0.372. The second-order valence-corrected chi connectivity index (χ2v) is 6.53. The van der Waals surface area contributed by atoms with E-state index < -0.39 is 15.9 Å². The molecule has 0 saturated carbocycles. The smallest absolute Gasteiger partial charge is 0.411 e. The summed E-state index contributed by atoms with van der Waals surface area (Å²) in [5.74, 6) is 0.300. The molecule has 116 valence electrons. The molecule has 0 unspecified atom stereocenters. The van der Waals surface area contributed by atoms with Crippen molar-refractivity contribution in [2.75, 3.05) is 18.5 Å². The summed E-state index contributed by atoms with van der Waals surface area (Å²) >= 11 is 0. The van der Waals surface area contributed by atoms with Crippen LogP contribution in [0, 0.1) is 0 Å². The van der Waals surface area contributed by atoms with Gasteiger partial charge in [-0.1, -0.05) is 18.2 Å². The van der Waals surface area contributed by atoms with Crippen LogP contribution in [-0.2, 0) is 14.6 Å². The summed E-state index contributed by atoms with van der Waals surface area (Å²) in [5, 5.41) is 2.50. The van der Waals surface area contributed by atoms with Crippen LogP contribution in [0.25, 0.3) is 0 Å². The Hall–Kier alpha value is -2.54. The monoisotopic (exact) mass is 321 g/mol. The lowest BCUT2D eigenvalue weighted by molar-refractivity contribution is 0.134. The van der Waals surface area contributed by atoms with Crippen molar-refractivity contribution < 1.29 is 24.1 Å². The number of cyclic esters (lactones) is 1. The van der Waals surface area contributed by atoms with E-state index in [2.05, 4.69) is 5.32 Å². The highest BCUT2D eigenvalue weighted by atomic mass is 32.2. The van der Waals surface area contributed by atoms with Gasteiger partial charge in [-0.2, -0.15) is 0 Å². The van der Waals surface area contributed by atoms with Gasteiger partial charge in [0.2, 0.25) is 9.84 Å². The number of hydrogen-bond donors (Lipinski definition) is 1. The molecule has 1 heterocycles. The first-order chi connectivity index (χ1) is 10.6. The van der Waals surface area contributed by atoms with Crippen LogP contribution >= 0.6 is 0 Å². The Morgan fingerprint density at radius 1 is 0.955 bits per heavy atom. The highest BCUT2D eigenvalue weighted by Gasteiger charge is 2.21. The Morgan fingerprint density at radius 3 is 2.45 bits per heavy atom. The maximum Gasteiger partial charge on any atom is 0.411 e. The van der Waals surface area contributed by atoms with Crippen molar-refractivity contribution >= 4 is 21.6 Å². The van der Waals surface area contributed by atoms with E-state index >= 15 is 0 Å². The van der Waals surface area contributed by atoms with Gasteiger partial charge in [0.1, 0.15) is 19.0 Å². The van der Waals surface area contributed by atoms with Crippen LogP contribution in [-0.4, -0.2) is 27.7 Å². The van der Waals surface area contributed by atoms with Gasteiger partial charge in [-0.25, -0.2) is 13.2 Å². The van der Waals surface area contributed by atoms with E-state index in [0.29, 0.717) is 11.4 Å². The van der Waals surface area contributed by atoms with Crippen molar-refractivity contribution in [2.45, 2.75) is 9.79 Å². The molecule has 1 aliphatic heterocycles. The Labute approximate surface area is 129 Å². The van der Waals surface area contributed by atoms with E-state index in [-0.39, 0.29) is 24.4 Å². The normalized spacial score (nSPS) is 14.6. The predicted octanol–water partition coefficient (Wildman–Crippen LogP) is 2.71. The van der Waals surface area contributed by atoms with Crippen LogP contribution < -0.4 is 10.1 Å². The van der Waals surface area contributed by atoms with Gasteiger partial charge in [-0.3, -0.25) is 5.32 Å². The Bertz CT molecular complexity index is 808. The van der Waals surface area contributed by atoms with Gasteiger partial charge in [0.05, 0.1) is 15.5 Å². The number of sulfone groups is 1. The van der Waals surface area contributed by atoms with Crippen molar-refractivity contribution in [3.63, 3.8) is 0 Å². The molecule has 2 aromatic carbocycles. The molecule has 2 aromatic rings. The zero-order valence-electron chi connectivity index (χ0n) is 11.5. The number of anilines is 1. The molecule has 0 bridgehead atoms. The molecule has 0 fully saturated rings. The van der Waals surface area contributed by atoms with Gasteiger partial charge in [0, 0.05) is 7.49 Å². The molecular formula is C15H15NO5S.